The highest BCUT2D eigenvalue weighted by molar-refractivity contribution is 7.09. The SMILES string of the molecule is CNC(Cc1cccs1)c1cnccc1N. The number of nitrogens with zero attached hydrogens (tertiary/aromatic N) is 1. The molecule has 1 unspecified atom stereocenters. The smallest absolute Gasteiger partial charge is 0.0402 e. The van der Waals surface area contributed by atoms with E-state index in [1.807, 2.05) is 19.3 Å². The third-order valence-electron chi connectivity index (χ3n) is 2.60. The highest BCUT2D eigenvalue weighted by atomic mass is 32.1. The second-order valence-electron chi connectivity index (χ2n) is 3.63. The van der Waals surface area contributed by atoms with Crippen LogP contribution in [0.1, 0.15) is 16.5 Å². The summed E-state index contributed by atoms with van der Waals surface area (Å²) in [4.78, 5) is 5.48. The van der Waals surface area contributed by atoms with Crippen molar-refractivity contribution in [2.45, 2.75) is 12.5 Å². The van der Waals surface area contributed by atoms with Gasteiger partial charge < -0.3 is 11.1 Å². The molecule has 0 bridgehead atoms. The molecule has 0 aromatic carbocycles. The number of anilines is 1. The van der Waals surface area contributed by atoms with Gasteiger partial charge in [-0.25, -0.2) is 0 Å². The van der Waals surface area contributed by atoms with Crippen LogP contribution in [-0.2, 0) is 6.42 Å². The zero-order chi connectivity index (χ0) is 11.4. The van der Waals surface area contributed by atoms with Crippen molar-refractivity contribution in [3.8, 4) is 0 Å². The van der Waals surface area contributed by atoms with Gasteiger partial charge in [-0.1, -0.05) is 6.07 Å². The Morgan fingerprint density at radius 2 is 2.38 bits per heavy atom. The summed E-state index contributed by atoms with van der Waals surface area (Å²) in [6, 6.07) is 6.28. The summed E-state index contributed by atoms with van der Waals surface area (Å²) in [6.07, 6.45) is 4.50. The number of nitrogens with two attached hydrogens (primary N) is 1. The second-order valence-corrected chi connectivity index (χ2v) is 4.66. The lowest BCUT2D eigenvalue weighted by Crippen LogP contribution is -2.19. The highest BCUT2D eigenvalue weighted by Crippen LogP contribution is 2.24. The van der Waals surface area contributed by atoms with Gasteiger partial charge in [0.2, 0.25) is 0 Å². The standard InChI is InChI=1S/C12H15N3S/c1-14-12(7-9-3-2-6-16-9)10-8-15-5-4-11(10)13/h2-6,8,12,14H,7H2,1H3,(H2,13,15). The number of thiophene rings is 1. The maximum atomic E-state index is 5.95. The Balaban J connectivity index is 2.20. The molecule has 2 aromatic rings. The molecular weight excluding hydrogens is 218 g/mol. The number of pyridine rings is 1. The average molecular weight is 233 g/mol. The predicted octanol–water partition coefficient (Wildman–Crippen LogP) is 2.23. The molecule has 2 rings (SSSR count). The molecule has 84 valence electrons. The van der Waals surface area contributed by atoms with E-state index in [0.29, 0.717) is 0 Å². The van der Waals surface area contributed by atoms with Crippen molar-refractivity contribution < 1.29 is 0 Å². The number of aromatic nitrogens is 1. The summed E-state index contributed by atoms with van der Waals surface area (Å²) in [5.41, 5.74) is 7.81. The highest BCUT2D eigenvalue weighted by Gasteiger charge is 2.13. The van der Waals surface area contributed by atoms with Crippen LogP contribution in [0.2, 0.25) is 0 Å². The minimum Gasteiger partial charge on any atom is -0.398 e. The first-order valence-electron chi connectivity index (χ1n) is 5.20. The van der Waals surface area contributed by atoms with Gasteiger partial charge in [0.1, 0.15) is 0 Å². The van der Waals surface area contributed by atoms with Crippen LogP contribution in [0, 0.1) is 0 Å². The third-order valence-corrected chi connectivity index (χ3v) is 3.50. The lowest BCUT2D eigenvalue weighted by Gasteiger charge is -2.17. The third kappa shape index (κ3) is 2.40. The first kappa shape index (κ1) is 11.1. The van der Waals surface area contributed by atoms with Gasteiger partial charge in [0.05, 0.1) is 0 Å². The molecule has 0 spiro atoms. The summed E-state index contributed by atoms with van der Waals surface area (Å²) in [5.74, 6) is 0. The number of hydrogen-bond donors (Lipinski definition) is 2. The normalized spacial score (nSPS) is 12.6. The van der Waals surface area contributed by atoms with Gasteiger partial charge in [0.25, 0.3) is 0 Å². The van der Waals surface area contributed by atoms with Crippen molar-refractivity contribution in [2.24, 2.45) is 0 Å². The topological polar surface area (TPSA) is 50.9 Å². The van der Waals surface area contributed by atoms with Gasteiger partial charge in [-0.15, -0.1) is 11.3 Å². The molecule has 3 N–H and O–H groups in total. The van der Waals surface area contributed by atoms with Crippen LogP contribution in [-0.4, -0.2) is 12.0 Å². The number of nitrogens with one attached hydrogen (secondary N) is 1. The summed E-state index contributed by atoms with van der Waals surface area (Å²) in [5, 5.41) is 5.38. The van der Waals surface area contributed by atoms with Crippen LogP contribution in [0.5, 0.6) is 0 Å². The Bertz CT molecular complexity index is 439. The van der Waals surface area contributed by atoms with Crippen LogP contribution in [0.15, 0.2) is 36.0 Å². The molecule has 0 aliphatic carbocycles. The van der Waals surface area contributed by atoms with Crippen molar-refractivity contribution in [3.05, 3.63) is 46.4 Å². The fourth-order valence-electron chi connectivity index (χ4n) is 1.71. The lowest BCUT2D eigenvalue weighted by atomic mass is 10.0. The van der Waals surface area contributed by atoms with Crippen LogP contribution >= 0.6 is 11.3 Å². The van der Waals surface area contributed by atoms with E-state index >= 15 is 0 Å². The van der Waals surface area contributed by atoms with Crippen molar-refractivity contribution in [2.75, 3.05) is 12.8 Å². The molecule has 0 aliphatic rings. The molecule has 3 nitrogen and oxygen atoms in total. The number of hydrogen-bond acceptors (Lipinski definition) is 4. The molecule has 0 fully saturated rings. The van der Waals surface area contributed by atoms with E-state index in [1.54, 1.807) is 17.5 Å². The van der Waals surface area contributed by atoms with Crippen LogP contribution in [0.3, 0.4) is 0 Å². The fraction of sp³-hybridized carbons (Fsp3) is 0.250. The molecule has 2 heterocycles. The number of likely N-dealkylation sites (N-methyl/N-ethyl adjacent to an activating group) is 1. The monoisotopic (exact) mass is 233 g/mol. The van der Waals surface area contributed by atoms with Gasteiger partial charge >= 0.3 is 0 Å². The zero-order valence-corrected chi connectivity index (χ0v) is 10.00. The van der Waals surface area contributed by atoms with Gasteiger partial charge in [0, 0.05) is 41.0 Å². The van der Waals surface area contributed by atoms with Crippen molar-refractivity contribution >= 4 is 17.0 Å². The Hall–Kier alpha value is -1.39. The molecule has 0 aliphatic heterocycles. The molecule has 0 saturated carbocycles. The van der Waals surface area contributed by atoms with E-state index in [0.717, 1.165) is 17.7 Å². The minimum absolute atomic E-state index is 0.229. The minimum atomic E-state index is 0.229. The van der Waals surface area contributed by atoms with Gasteiger partial charge in [-0.2, -0.15) is 0 Å². The molecule has 4 heteroatoms. The van der Waals surface area contributed by atoms with E-state index in [9.17, 15) is 0 Å². The van der Waals surface area contributed by atoms with E-state index < -0.39 is 0 Å². The van der Waals surface area contributed by atoms with Crippen molar-refractivity contribution in [3.63, 3.8) is 0 Å². The number of rotatable bonds is 4. The maximum absolute atomic E-state index is 5.95. The average Bonchev–Trinajstić information content (AvgIpc) is 2.80. The van der Waals surface area contributed by atoms with Crippen LogP contribution in [0.25, 0.3) is 0 Å². The van der Waals surface area contributed by atoms with E-state index in [1.165, 1.54) is 4.88 Å². The van der Waals surface area contributed by atoms with E-state index in [-0.39, 0.29) is 6.04 Å². The molecule has 2 aromatic heterocycles. The molecule has 0 saturated heterocycles. The van der Waals surface area contributed by atoms with Gasteiger partial charge in [-0.05, 0) is 24.6 Å². The number of nitrogen functional groups attached to an aromatic ring is 1. The summed E-state index contributed by atoms with van der Waals surface area (Å²) in [7, 11) is 1.95. The Labute approximate surface area is 99.3 Å². The quantitative estimate of drug-likeness (QED) is 0.851. The van der Waals surface area contributed by atoms with Crippen molar-refractivity contribution in [1.82, 2.24) is 10.3 Å². The molecule has 16 heavy (non-hydrogen) atoms. The van der Waals surface area contributed by atoms with Gasteiger partial charge in [-0.3, -0.25) is 4.98 Å². The van der Waals surface area contributed by atoms with Crippen molar-refractivity contribution in [1.29, 1.82) is 0 Å². The Morgan fingerprint density at radius 3 is 3.00 bits per heavy atom. The summed E-state index contributed by atoms with van der Waals surface area (Å²) < 4.78 is 0. The molecule has 1 atom stereocenters. The predicted molar refractivity (Wildman–Crippen MR) is 68.5 cm³/mol. The van der Waals surface area contributed by atoms with E-state index in [4.69, 9.17) is 5.73 Å². The van der Waals surface area contributed by atoms with Crippen LogP contribution in [0.4, 0.5) is 5.69 Å². The first-order valence-corrected chi connectivity index (χ1v) is 6.08. The summed E-state index contributed by atoms with van der Waals surface area (Å²) >= 11 is 1.77. The molecular formula is C12H15N3S. The maximum Gasteiger partial charge on any atom is 0.0402 e. The second kappa shape index (κ2) is 5.09. The Morgan fingerprint density at radius 1 is 1.50 bits per heavy atom. The first-order chi connectivity index (χ1) is 7.81. The largest absolute Gasteiger partial charge is 0.398 e. The van der Waals surface area contributed by atoms with Gasteiger partial charge in [0.15, 0.2) is 0 Å². The molecule has 0 amide bonds. The zero-order valence-electron chi connectivity index (χ0n) is 9.18. The fourth-order valence-corrected chi connectivity index (χ4v) is 2.46. The van der Waals surface area contributed by atoms with E-state index in [2.05, 4.69) is 27.8 Å². The lowest BCUT2D eigenvalue weighted by molar-refractivity contribution is 0.596. The van der Waals surface area contributed by atoms with Crippen LogP contribution < -0.4 is 11.1 Å². The summed E-state index contributed by atoms with van der Waals surface area (Å²) in [6.45, 7) is 0. The molecule has 0 radical (unpaired) electrons. The Kier molecular flexibility index (Phi) is 3.54.